The number of rotatable bonds is 6. The van der Waals surface area contributed by atoms with Gasteiger partial charge in [0.1, 0.15) is 11.6 Å². The molecule has 0 aromatic heterocycles. The molecule has 0 aliphatic heterocycles. The molecule has 0 spiro atoms. The number of hydrogen-bond donors (Lipinski definition) is 0. The average molecular weight is 385 g/mol. The van der Waals surface area contributed by atoms with Crippen LogP contribution in [0, 0.1) is 0 Å². The van der Waals surface area contributed by atoms with Gasteiger partial charge in [0, 0.05) is 21.7 Å². The fraction of sp³-hybridized carbons (Fsp3) is 0.118. The van der Waals surface area contributed by atoms with Crippen LogP contribution in [0.1, 0.15) is 21.5 Å². The van der Waals surface area contributed by atoms with Crippen molar-refractivity contribution in [3.05, 3.63) is 70.2 Å². The van der Waals surface area contributed by atoms with E-state index in [1.807, 2.05) is 6.07 Å². The van der Waals surface area contributed by atoms with Crippen molar-refractivity contribution in [1.82, 2.24) is 0 Å². The van der Waals surface area contributed by atoms with Crippen LogP contribution in [0.25, 0.3) is 0 Å². The zero-order valence-corrected chi connectivity index (χ0v) is 14.6. The summed E-state index contributed by atoms with van der Waals surface area (Å²) in [6, 6.07) is 13.7. The highest BCUT2D eigenvalue weighted by molar-refractivity contribution is 6.34. The Hall–Kier alpha value is -1.88. The first-order valence-corrected chi connectivity index (χ1v) is 8.29. The van der Waals surface area contributed by atoms with E-state index in [4.69, 9.17) is 39.6 Å². The lowest BCUT2D eigenvalue weighted by Crippen LogP contribution is -2.14. The predicted molar refractivity (Wildman–Crippen MR) is 95.4 cm³/mol. The van der Waals surface area contributed by atoms with Gasteiger partial charge in [-0.25, -0.2) is 4.79 Å². The van der Waals surface area contributed by atoms with Crippen LogP contribution >= 0.6 is 34.8 Å². The van der Waals surface area contributed by atoms with Gasteiger partial charge in [0.25, 0.3) is 0 Å². The number of carbonyl (C=O) groups is 2. The van der Waals surface area contributed by atoms with Gasteiger partial charge >= 0.3 is 5.97 Å². The second-order valence-corrected chi connectivity index (χ2v) is 5.62. The van der Waals surface area contributed by atoms with Crippen molar-refractivity contribution in [3.8, 4) is 0 Å². The van der Waals surface area contributed by atoms with E-state index in [1.165, 1.54) is 0 Å². The number of nitrogens with zero attached hydrogens (tertiary/aromatic N) is 1. The summed E-state index contributed by atoms with van der Waals surface area (Å²) < 4.78 is 0. The topological polar surface area (TPSA) is 55.7 Å². The molecule has 0 fully saturated rings. The summed E-state index contributed by atoms with van der Waals surface area (Å²) >= 11 is 17.2. The highest BCUT2D eigenvalue weighted by atomic mass is 35.5. The smallest absolute Gasteiger partial charge is 0.316 e. The van der Waals surface area contributed by atoms with Gasteiger partial charge in [-0.1, -0.05) is 47.1 Å². The summed E-state index contributed by atoms with van der Waals surface area (Å²) in [6.07, 6.45) is 0. The molecule has 4 nitrogen and oxygen atoms in total. The molecule has 0 aliphatic carbocycles. The summed E-state index contributed by atoms with van der Waals surface area (Å²) in [5.74, 6) is -1.54. The standard InChI is InChI=1S/C17H12Cl3NO3/c18-9-15(22)13-7-6-12(20)8-14(13)17(21-24-16(23)10-19)11-4-2-1-3-5-11/h1-8H,9-10H2/b21-17+. The van der Waals surface area contributed by atoms with Crippen molar-refractivity contribution in [2.45, 2.75) is 0 Å². The second kappa shape index (κ2) is 8.83. The largest absolute Gasteiger partial charge is 0.349 e. The van der Waals surface area contributed by atoms with E-state index in [-0.39, 0.29) is 23.3 Å². The zero-order chi connectivity index (χ0) is 17.5. The third-order valence-corrected chi connectivity index (χ3v) is 3.75. The number of Topliss-reactive ketones (excluding diaryl/α,β-unsaturated/α-hetero) is 1. The number of benzene rings is 2. The van der Waals surface area contributed by atoms with Crippen molar-refractivity contribution in [1.29, 1.82) is 0 Å². The monoisotopic (exact) mass is 383 g/mol. The van der Waals surface area contributed by atoms with Gasteiger partial charge in [0.15, 0.2) is 5.78 Å². The molecule has 0 atom stereocenters. The lowest BCUT2D eigenvalue weighted by atomic mass is 9.96. The van der Waals surface area contributed by atoms with Gasteiger partial charge in [-0.15, -0.1) is 23.2 Å². The molecule has 124 valence electrons. The third kappa shape index (κ3) is 4.57. The first-order valence-electron chi connectivity index (χ1n) is 6.85. The van der Waals surface area contributed by atoms with Crippen LogP contribution in [0.2, 0.25) is 5.02 Å². The average Bonchev–Trinajstić information content (AvgIpc) is 2.62. The predicted octanol–water partition coefficient (Wildman–Crippen LogP) is 4.30. The van der Waals surface area contributed by atoms with Crippen LogP contribution in [0.3, 0.4) is 0 Å². The Kier molecular flexibility index (Phi) is 6.79. The van der Waals surface area contributed by atoms with E-state index in [0.29, 0.717) is 21.7 Å². The second-order valence-electron chi connectivity index (χ2n) is 4.65. The summed E-state index contributed by atoms with van der Waals surface area (Å²) in [4.78, 5) is 28.3. The number of alkyl halides is 2. The Bertz CT molecular complexity index is 776. The number of hydrogen-bond acceptors (Lipinski definition) is 4. The Morgan fingerprint density at radius 2 is 1.67 bits per heavy atom. The first kappa shape index (κ1) is 18.5. The molecule has 0 heterocycles. The minimum absolute atomic E-state index is 0.196. The van der Waals surface area contributed by atoms with Crippen LogP contribution in [-0.2, 0) is 9.63 Å². The molecule has 0 radical (unpaired) electrons. The molecule has 2 rings (SSSR count). The van der Waals surface area contributed by atoms with Crippen molar-refractivity contribution >= 4 is 52.3 Å². The summed E-state index contributed by atoms with van der Waals surface area (Å²) in [5.41, 5.74) is 1.68. The van der Waals surface area contributed by atoms with Gasteiger partial charge in [-0.3, -0.25) is 4.79 Å². The van der Waals surface area contributed by atoms with Crippen molar-refractivity contribution in [2.24, 2.45) is 5.16 Å². The normalized spacial score (nSPS) is 11.2. The Morgan fingerprint density at radius 3 is 2.29 bits per heavy atom. The number of halogens is 3. The molecule has 0 unspecified atom stereocenters. The summed E-state index contributed by atoms with van der Waals surface area (Å²) in [7, 11) is 0. The molecular weight excluding hydrogens is 373 g/mol. The molecule has 0 amide bonds. The maximum absolute atomic E-state index is 12.1. The maximum atomic E-state index is 12.1. The minimum Gasteiger partial charge on any atom is -0.316 e. The van der Waals surface area contributed by atoms with E-state index in [1.54, 1.807) is 42.5 Å². The number of carbonyl (C=O) groups excluding carboxylic acids is 2. The molecule has 0 saturated heterocycles. The lowest BCUT2D eigenvalue weighted by Gasteiger charge is -2.11. The third-order valence-electron chi connectivity index (χ3n) is 3.05. The lowest BCUT2D eigenvalue weighted by molar-refractivity contribution is -0.140. The van der Waals surface area contributed by atoms with Gasteiger partial charge in [-0.2, -0.15) is 0 Å². The molecule has 2 aromatic carbocycles. The van der Waals surface area contributed by atoms with E-state index < -0.39 is 5.97 Å². The van der Waals surface area contributed by atoms with Crippen LogP contribution in [0.5, 0.6) is 0 Å². The Balaban J connectivity index is 2.61. The zero-order valence-electron chi connectivity index (χ0n) is 12.3. The Labute approximate surface area is 154 Å². The fourth-order valence-corrected chi connectivity index (χ4v) is 2.37. The van der Waals surface area contributed by atoms with E-state index in [0.717, 1.165) is 0 Å². The Morgan fingerprint density at radius 1 is 0.958 bits per heavy atom. The summed E-state index contributed by atoms with van der Waals surface area (Å²) in [5, 5.41) is 4.29. The molecule has 7 heteroatoms. The molecule has 0 aliphatic rings. The number of ketones is 1. The van der Waals surface area contributed by atoms with Gasteiger partial charge < -0.3 is 4.84 Å². The molecule has 0 bridgehead atoms. The molecule has 2 aromatic rings. The van der Waals surface area contributed by atoms with Gasteiger partial charge in [0.2, 0.25) is 0 Å². The quantitative estimate of drug-likeness (QED) is 0.245. The van der Waals surface area contributed by atoms with Gasteiger partial charge in [0.05, 0.1) is 5.88 Å². The van der Waals surface area contributed by atoms with Crippen molar-refractivity contribution in [3.63, 3.8) is 0 Å². The first-order chi connectivity index (χ1) is 11.6. The molecule has 0 N–H and O–H groups in total. The highest BCUT2D eigenvalue weighted by Crippen LogP contribution is 2.21. The van der Waals surface area contributed by atoms with E-state index in [9.17, 15) is 9.59 Å². The van der Waals surface area contributed by atoms with E-state index >= 15 is 0 Å². The fourth-order valence-electron chi connectivity index (χ4n) is 2.00. The minimum atomic E-state index is -0.711. The van der Waals surface area contributed by atoms with E-state index in [2.05, 4.69) is 5.16 Å². The van der Waals surface area contributed by atoms with Crippen LogP contribution in [0.4, 0.5) is 0 Å². The molecule has 24 heavy (non-hydrogen) atoms. The summed E-state index contributed by atoms with van der Waals surface area (Å²) in [6.45, 7) is 0. The molecule has 0 saturated carbocycles. The molecular formula is C17H12Cl3NO3. The van der Waals surface area contributed by atoms with Crippen LogP contribution < -0.4 is 0 Å². The SMILES string of the molecule is O=C(CCl)O/N=C(\c1ccccc1)c1cc(Cl)ccc1C(=O)CCl. The maximum Gasteiger partial charge on any atom is 0.349 e. The van der Waals surface area contributed by atoms with Crippen LogP contribution in [0.15, 0.2) is 53.7 Å². The van der Waals surface area contributed by atoms with Gasteiger partial charge in [-0.05, 0) is 18.2 Å². The van der Waals surface area contributed by atoms with Crippen molar-refractivity contribution < 1.29 is 14.4 Å². The van der Waals surface area contributed by atoms with Crippen molar-refractivity contribution in [2.75, 3.05) is 11.8 Å². The highest BCUT2D eigenvalue weighted by Gasteiger charge is 2.18. The van der Waals surface area contributed by atoms with Crippen LogP contribution in [-0.4, -0.2) is 29.2 Å². The number of oxime groups is 1.